The molecule has 0 aliphatic rings. The Morgan fingerprint density at radius 3 is 2.23 bits per heavy atom. The van der Waals surface area contributed by atoms with Crippen molar-refractivity contribution < 1.29 is 22.7 Å². The van der Waals surface area contributed by atoms with E-state index in [1.807, 2.05) is 25.1 Å². The Hall–Kier alpha value is -3.52. The Bertz CT molecular complexity index is 1120. The average Bonchev–Trinajstić information content (AvgIpc) is 2.78. The normalized spacial score (nSPS) is 11.9. The molecule has 0 heterocycles. The minimum Gasteiger partial charge on any atom is -0.497 e. The number of methoxy groups -OCH3 is 1. The molecule has 8 heteroatoms. The van der Waals surface area contributed by atoms with Crippen molar-refractivity contribution in [3.05, 3.63) is 78.9 Å². The molecule has 0 spiro atoms. The topological polar surface area (TPSA) is 93.7 Å². The summed E-state index contributed by atoms with van der Waals surface area (Å²) >= 11 is 0. The van der Waals surface area contributed by atoms with Gasteiger partial charge in [0.05, 0.1) is 17.7 Å². The van der Waals surface area contributed by atoms with Gasteiger partial charge < -0.3 is 14.8 Å². The van der Waals surface area contributed by atoms with E-state index in [1.165, 1.54) is 31.4 Å². The molecule has 0 aromatic heterocycles. The standard InChI is InChI=1S/C23H24N2O5S/c1-3-22(30-19-9-5-4-6-10-19)23(26)24-17-12-14-21(15-13-17)31(27,28)25-18-8-7-11-20(16-18)29-2/h4-16,22,25H,3H2,1-2H3,(H,24,26)/t22-/m1/s1. The van der Waals surface area contributed by atoms with E-state index in [0.29, 0.717) is 29.3 Å². The second kappa shape index (κ2) is 9.99. The number of hydrogen-bond donors (Lipinski definition) is 2. The lowest BCUT2D eigenvalue weighted by atomic mass is 10.2. The van der Waals surface area contributed by atoms with Gasteiger partial charge in [0.1, 0.15) is 11.5 Å². The van der Waals surface area contributed by atoms with E-state index in [2.05, 4.69) is 10.0 Å². The minimum atomic E-state index is -3.79. The Morgan fingerprint density at radius 1 is 0.903 bits per heavy atom. The summed E-state index contributed by atoms with van der Waals surface area (Å²) in [5.41, 5.74) is 0.862. The Labute approximate surface area is 182 Å². The third kappa shape index (κ3) is 5.99. The van der Waals surface area contributed by atoms with Crippen LogP contribution in [0.4, 0.5) is 11.4 Å². The van der Waals surface area contributed by atoms with E-state index in [4.69, 9.17) is 9.47 Å². The quantitative estimate of drug-likeness (QED) is 0.518. The molecule has 2 N–H and O–H groups in total. The molecule has 0 unspecified atom stereocenters. The number of para-hydroxylation sites is 1. The van der Waals surface area contributed by atoms with Crippen LogP contribution in [0.15, 0.2) is 83.8 Å². The van der Waals surface area contributed by atoms with Gasteiger partial charge in [0, 0.05) is 11.8 Å². The van der Waals surface area contributed by atoms with Crippen molar-refractivity contribution in [1.29, 1.82) is 0 Å². The predicted octanol–water partition coefficient (Wildman–Crippen LogP) is 4.29. The first-order valence-electron chi connectivity index (χ1n) is 9.71. The van der Waals surface area contributed by atoms with Gasteiger partial charge >= 0.3 is 0 Å². The summed E-state index contributed by atoms with van der Waals surface area (Å²) in [5, 5.41) is 2.76. The van der Waals surface area contributed by atoms with Crippen molar-refractivity contribution in [2.24, 2.45) is 0 Å². The summed E-state index contributed by atoms with van der Waals surface area (Å²) in [6.07, 6.45) is -0.182. The SMILES string of the molecule is CC[C@@H](Oc1ccccc1)C(=O)Nc1ccc(S(=O)(=O)Nc2cccc(OC)c2)cc1. The predicted molar refractivity (Wildman–Crippen MR) is 120 cm³/mol. The lowest BCUT2D eigenvalue weighted by Gasteiger charge is -2.17. The molecule has 0 fully saturated rings. The molecule has 0 bridgehead atoms. The minimum absolute atomic E-state index is 0.0703. The monoisotopic (exact) mass is 440 g/mol. The van der Waals surface area contributed by atoms with Gasteiger partial charge in [-0.2, -0.15) is 0 Å². The van der Waals surface area contributed by atoms with E-state index in [0.717, 1.165) is 0 Å². The fourth-order valence-electron chi connectivity index (χ4n) is 2.83. The van der Waals surface area contributed by atoms with Crippen molar-refractivity contribution in [2.45, 2.75) is 24.3 Å². The van der Waals surface area contributed by atoms with Gasteiger partial charge in [0.15, 0.2) is 6.10 Å². The van der Waals surface area contributed by atoms with Crippen molar-refractivity contribution >= 4 is 27.3 Å². The van der Waals surface area contributed by atoms with Crippen molar-refractivity contribution in [2.75, 3.05) is 17.1 Å². The molecule has 3 aromatic rings. The maximum atomic E-state index is 12.6. The molecule has 1 amide bonds. The highest BCUT2D eigenvalue weighted by atomic mass is 32.2. The van der Waals surface area contributed by atoms with Crippen molar-refractivity contribution in [3.63, 3.8) is 0 Å². The van der Waals surface area contributed by atoms with Gasteiger partial charge in [-0.05, 0) is 55.0 Å². The third-order valence-electron chi connectivity index (χ3n) is 4.44. The number of sulfonamides is 1. The van der Waals surface area contributed by atoms with Crippen LogP contribution in [0.2, 0.25) is 0 Å². The molecule has 0 saturated heterocycles. The zero-order valence-electron chi connectivity index (χ0n) is 17.2. The number of ether oxygens (including phenoxy) is 2. The number of nitrogens with one attached hydrogen (secondary N) is 2. The number of carbonyl (C=O) groups is 1. The number of amides is 1. The van der Waals surface area contributed by atoms with Gasteiger partial charge in [-0.3, -0.25) is 9.52 Å². The summed E-state index contributed by atoms with van der Waals surface area (Å²) in [6.45, 7) is 1.85. The van der Waals surface area contributed by atoms with Gasteiger partial charge in [0.25, 0.3) is 15.9 Å². The van der Waals surface area contributed by atoms with Gasteiger partial charge in [-0.15, -0.1) is 0 Å². The van der Waals surface area contributed by atoms with E-state index >= 15 is 0 Å². The number of carbonyl (C=O) groups excluding carboxylic acids is 1. The van der Waals surface area contributed by atoms with Crippen LogP contribution in [0.5, 0.6) is 11.5 Å². The molecular weight excluding hydrogens is 416 g/mol. The molecule has 7 nitrogen and oxygen atoms in total. The second-order valence-corrected chi connectivity index (χ2v) is 8.36. The fourth-order valence-corrected chi connectivity index (χ4v) is 3.88. The second-order valence-electron chi connectivity index (χ2n) is 6.68. The Morgan fingerprint density at radius 2 is 1.58 bits per heavy atom. The molecular formula is C23H24N2O5S. The highest BCUT2D eigenvalue weighted by Gasteiger charge is 2.19. The molecule has 162 valence electrons. The first-order chi connectivity index (χ1) is 14.9. The summed E-state index contributed by atoms with van der Waals surface area (Å²) in [7, 11) is -2.28. The molecule has 0 radical (unpaired) electrons. The molecule has 0 saturated carbocycles. The molecule has 0 aliphatic carbocycles. The summed E-state index contributed by atoms with van der Waals surface area (Å²) < 4.78 is 38.6. The molecule has 1 atom stereocenters. The van der Waals surface area contributed by atoms with Crippen molar-refractivity contribution in [1.82, 2.24) is 0 Å². The first kappa shape index (κ1) is 22.2. The lowest BCUT2D eigenvalue weighted by molar-refractivity contribution is -0.122. The number of benzene rings is 3. The summed E-state index contributed by atoms with van der Waals surface area (Å²) in [5.74, 6) is 0.840. The molecule has 3 rings (SSSR count). The van der Waals surface area contributed by atoms with Crippen LogP contribution in [0.1, 0.15) is 13.3 Å². The van der Waals surface area contributed by atoms with Crippen LogP contribution >= 0.6 is 0 Å². The van der Waals surface area contributed by atoms with Crippen LogP contribution in [-0.2, 0) is 14.8 Å². The third-order valence-corrected chi connectivity index (χ3v) is 5.84. The molecule has 31 heavy (non-hydrogen) atoms. The van der Waals surface area contributed by atoms with Crippen LogP contribution in [-0.4, -0.2) is 27.5 Å². The fraction of sp³-hybridized carbons (Fsp3) is 0.174. The van der Waals surface area contributed by atoms with Crippen molar-refractivity contribution in [3.8, 4) is 11.5 Å². The van der Waals surface area contributed by atoms with E-state index in [-0.39, 0.29) is 10.8 Å². The molecule has 0 aliphatic heterocycles. The maximum absolute atomic E-state index is 12.6. The van der Waals surface area contributed by atoms with Gasteiger partial charge in [-0.1, -0.05) is 31.2 Å². The van der Waals surface area contributed by atoms with E-state index in [9.17, 15) is 13.2 Å². The number of rotatable bonds is 9. The van der Waals surface area contributed by atoms with Gasteiger partial charge in [-0.25, -0.2) is 8.42 Å². The largest absolute Gasteiger partial charge is 0.497 e. The van der Waals surface area contributed by atoms with Crippen LogP contribution in [0.25, 0.3) is 0 Å². The van der Waals surface area contributed by atoms with Gasteiger partial charge in [0.2, 0.25) is 0 Å². The zero-order valence-corrected chi connectivity index (χ0v) is 18.1. The summed E-state index contributed by atoms with van der Waals surface area (Å²) in [4.78, 5) is 12.6. The number of anilines is 2. The maximum Gasteiger partial charge on any atom is 0.265 e. The Balaban J connectivity index is 1.66. The van der Waals surface area contributed by atoms with Crippen LogP contribution < -0.4 is 19.5 Å². The highest BCUT2D eigenvalue weighted by Crippen LogP contribution is 2.22. The first-order valence-corrected chi connectivity index (χ1v) is 11.2. The molecule has 3 aromatic carbocycles. The van der Waals surface area contributed by atoms with E-state index in [1.54, 1.807) is 36.4 Å². The Kier molecular flexibility index (Phi) is 7.15. The van der Waals surface area contributed by atoms with Crippen LogP contribution in [0, 0.1) is 0 Å². The summed E-state index contributed by atoms with van der Waals surface area (Å²) in [6, 6.07) is 21.7. The smallest absolute Gasteiger partial charge is 0.265 e. The zero-order chi connectivity index (χ0) is 22.3. The number of hydrogen-bond acceptors (Lipinski definition) is 5. The van der Waals surface area contributed by atoms with Crippen LogP contribution in [0.3, 0.4) is 0 Å². The lowest BCUT2D eigenvalue weighted by Crippen LogP contribution is -2.32. The highest BCUT2D eigenvalue weighted by molar-refractivity contribution is 7.92. The van der Waals surface area contributed by atoms with E-state index < -0.39 is 16.1 Å². The average molecular weight is 441 g/mol.